The molecule has 0 radical (unpaired) electrons. The zero-order valence-corrected chi connectivity index (χ0v) is 15.7. The van der Waals surface area contributed by atoms with E-state index in [1.807, 2.05) is 73.9 Å². The van der Waals surface area contributed by atoms with Crippen molar-refractivity contribution in [3.63, 3.8) is 0 Å². The molecule has 0 N–H and O–H groups in total. The third kappa shape index (κ3) is 2.51. The van der Waals surface area contributed by atoms with Crippen molar-refractivity contribution in [2.45, 2.75) is 6.92 Å². The highest BCUT2D eigenvalue weighted by atomic mass is 19.1. The lowest BCUT2D eigenvalue weighted by Crippen LogP contribution is -2.30. The molecule has 3 heteroatoms. The average molecular weight is 368 g/mol. The van der Waals surface area contributed by atoms with Gasteiger partial charge in [0.15, 0.2) is 17.6 Å². The molecule has 5 rings (SSSR count). The fraction of sp³-hybridized carbons (Fsp3) is 0.0800. The molecule has 0 amide bonds. The third-order valence-electron chi connectivity index (χ3n) is 5.32. The molecule has 2 nitrogen and oxygen atoms in total. The predicted octanol–water partition coefficient (Wildman–Crippen LogP) is 6.19. The molecule has 0 aliphatic carbocycles. The number of fused-ring (bicyclic) bond motifs is 3. The minimum Gasteiger partial charge on any atom is -0.453 e. The number of rotatable bonds is 2. The maximum absolute atomic E-state index is 15.0. The summed E-state index contributed by atoms with van der Waals surface area (Å²) in [7, 11) is 2.02. The second-order valence-corrected chi connectivity index (χ2v) is 7.13. The van der Waals surface area contributed by atoms with Crippen LogP contribution in [0.15, 0.2) is 83.4 Å². The first-order chi connectivity index (χ1) is 13.6. The summed E-state index contributed by atoms with van der Waals surface area (Å²) in [6.45, 7) is 2.08. The maximum atomic E-state index is 15.0. The molecule has 3 aromatic carbocycles. The van der Waals surface area contributed by atoms with Gasteiger partial charge in [0.2, 0.25) is 5.69 Å². The number of hydrogen-bond acceptors (Lipinski definition) is 1. The molecule has 0 aliphatic rings. The molecular formula is C25H19FNO+. The van der Waals surface area contributed by atoms with Gasteiger partial charge in [0.1, 0.15) is 12.6 Å². The Morgan fingerprint density at radius 3 is 2.43 bits per heavy atom. The lowest BCUT2D eigenvalue weighted by molar-refractivity contribution is -0.660. The molecule has 2 heterocycles. The second-order valence-electron chi connectivity index (χ2n) is 7.13. The van der Waals surface area contributed by atoms with Crippen LogP contribution < -0.4 is 4.57 Å². The summed E-state index contributed by atoms with van der Waals surface area (Å²) in [4.78, 5) is 0. The van der Waals surface area contributed by atoms with Gasteiger partial charge in [-0.25, -0.2) is 8.96 Å². The van der Waals surface area contributed by atoms with Crippen molar-refractivity contribution in [1.82, 2.24) is 0 Å². The molecule has 0 fully saturated rings. The molecule has 0 bridgehead atoms. The van der Waals surface area contributed by atoms with Gasteiger partial charge >= 0.3 is 0 Å². The number of aromatic nitrogens is 1. The van der Waals surface area contributed by atoms with Crippen LogP contribution in [0.5, 0.6) is 0 Å². The van der Waals surface area contributed by atoms with Gasteiger partial charge in [-0.05, 0) is 47.9 Å². The topological polar surface area (TPSA) is 17.0 Å². The molecule has 0 aliphatic heterocycles. The summed E-state index contributed by atoms with van der Waals surface area (Å²) in [6, 6.07) is 23.5. The van der Waals surface area contributed by atoms with Crippen molar-refractivity contribution in [3.05, 3.63) is 90.4 Å². The molecular weight excluding hydrogens is 349 g/mol. The average Bonchev–Trinajstić information content (AvgIpc) is 3.09. The Labute approximate surface area is 162 Å². The lowest BCUT2D eigenvalue weighted by atomic mass is 9.96. The summed E-state index contributed by atoms with van der Waals surface area (Å²) in [5.74, 6) is -0.339. The van der Waals surface area contributed by atoms with Crippen LogP contribution in [0.3, 0.4) is 0 Å². The standard InChI is InChI=1S/C25H19FNO/c1-16-11-12-22-24(23(16)21-10-6-7-13-27(21)2)19-14-18(15-20(26)25(19)28-22)17-8-4-3-5-9-17/h3-15H,1-2H3/q+1. The lowest BCUT2D eigenvalue weighted by Gasteiger charge is -2.07. The summed E-state index contributed by atoms with van der Waals surface area (Å²) in [6.07, 6.45) is 2.02. The van der Waals surface area contributed by atoms with Gasteiger partial charge in [-0.15, -0.1) is 0 Å². The molecule has 0 unspecified atom stereocenters. The van der Waals surface area contributed by atoms with E-state index in [9.17, 15) is 4.39 Å². The number of nitrogens with zero attached hydrogens (tertiary/aromatic N) is 1. The van der Waals surface area contributed by atoms with E-state index >= 15 is 0 Å². The van der Waals surface area contributed by atoms with E-state index in [-0.39, 0.29) is 5.82 Å². The summed E-state index contributed by atoms with van der Waals surface area (Å²) < 4.78 is 23.0. The van der Waals surface area contributed by atoms with E-state index in [0.717, 1.165) is 38.7 Å². The summed E-state index contributed by atoms with van der Waals surface area (Å²) in [5.41, 5.74) is 6.10. The largest absolute Gasteiger partial charge is 0.453 e. The van der Waals surface area contributed by atoms with Crippen LogP contribution in [-0.2, 0) is 7.05 Å². The highest BCUT2D eigenvalue weighted by molar-refractivity contribution is 6.13. The van der Waals surface area contributed by atoms with Crippen molar-refractivity contribution < 1.29 is 13.4 Å². The van der Waals surface area contributed by atoms with Crippen LogP contribution in [0.4, 0.5) is 4.39 Å². The van der Waals surface area contributed by atoms with Gasteiger partial charge in [0, 0.05) is 22.9 Å². The molecule has 0 saturated heterocycles. The second kappa shape index (κ2) is 6.31. The van der Waals surface area contributed by atoms with Crippen LogP contribution in [0.25, 0.3) is 44.3 Å². The number of benzene rings is 3. The van der Waals surface area contributed by atoms with Crippen LogP contribution in [0.1, 0.15) is 5.56 Å². The van der Waals surface area contributed by atoms with E-state index < -0.39 is 0 Å². The van der Waals surface area contributed by atoms with Crippen molar-refractivity contribution in [1.29, 1.82) is 0 Å². The van der Waals surface area contributed by atoms with Gasteiger partial charge in [-0.2, -0.15) is 0 Å². The SMILES string of the molecule is Cc1ccc2oc3c(F)cc(-c4ccccc4)cc3c2c1-c1cccc[n+]1C. The van der Waals surface area contributed by atoms with E-state index in [0.29, 0.717) is 11.2 Å². The Morgan fingerprint density at radius 1 is 0.857 bits per heavy atom. The Balaban J connectivity index is 1.91. The quantitative estimate of drug-likeness (QED) is 0.339. The minimum absolute atomic E-state index is 0.306. The number of hydrogen-bond donors (Lipinski definition) is 0. The first kappa shape index (κ1) is 16.7. The van der Waals surface area contributed by atoms with Crippen LogP contribution in [0.2, 0.25) is 0 Å². The van der Waals surface area contributed by atoms with Crippen LogP contribution in [-0.4, -0.2) is 0 Å². The van der Waals surface area contributed by atoms with Gasteiger partial charge in [-0.3, -0.25) is 0 Å². The van der Waals surface area contributed by atoms with E-state index in [1.165, 1.54) is 0 Å². The van der Waals surface area contributed by atoms with Gasteiger partial charge in [0.25, 0.3) is 0 Å². The molecule has 28 heavy (non-hydrogen) atoms. The Bertz CT molecular complexity index is 1340. The highest BCUT2D eigenvalue weighted by Gasteiger charge is 2.22. The first-order valence-electron chi connectivity index (χ1n) is 9.29. The number of pyridine rings is 1. The fourth-order valence-corrected chi connectivity index (χ4v) is 3.94. The van der Waals surface area contributed by atoms with Crippen molar-refractivity contribution in [2.24, 2.45) is 7.05 Å². The monoisotopic (exact) mass is 368 g/mol. The van der Waals surface area contributed by atoms with Crippen molar-refractivity contribution in [3.8, 4) is 22.4 Å². The first-order valence-corrected chi connectivity index (χ1v) is 9.29. The minimum atomic E-state index is -0.339. The molecule has 0 atom stereocenters. The van der Waals surface area contributed by atoms with E-state index in [2.05, 4.69) is 17.6 Å². The summed E-state index contributed by atoms with van der Waals surface area (Å²) >= 11 is 0. The Kier molecular flexibility index (Phi) is 3.76. The zero-order valence-electron chi connectivity index (χ0n) is 15.7. The Hall–Kier alpha value is -3.46. The fourth-order valence-electron chi connectivity index (χ4n) is 3.94. The molecule has 5 aromatic rings. The normalized spacial score (nSPS) is 11.4. The van der Waals surface area contributed by atoms with Gasteiger partial charge in [0.05, 0.1) is 5.56 Å². The Morgan fingerprint density at radius 2 is 1.64 bits per heavy atom. The zero-order chi connectivity index (χ0) is 19.3. The van der Waals surface area contributed by atoms with Crippen molar-refractivity contribution in [2.75, 3.05) is 0 Å². The molecule has 0 saturated carbocycles. The van der Waals surface area contributed by atoms with Crippen LogP contribution >= 0.6 is 0 Å². The molecule has 0 spiro atoms. The number of furan rings is 1. The van der Waals surface area contributed by atoms with Crippen LogP contribution in [0, 0.1) is 12.7 Å². The predicted molar refractivity (Wildman–Crippen MR) is 110 cm³/mol. The van der Waals surface area contributed by atoms with E-state index in [1.54, 1.807) is 6.07 Å². The smallest absolute Gasteiger partial charge is 0.213 e. The maximum Gasteiger partial charge on any atom is 0.213 e. The van der Waals surface area contributed by atoms with Gasteiger partial charge in [-0.1, -0.05) is 36.4 Å². The van der Waals surface area contributed by atoms with Gasteiger partial charge < -0.3 is 4.42 Å². The van der Waals surface area contributed by atoms with E-state index in [4.69, 9.17) is 4.42 Å². The third-order valence-corrected chi connectivity index (χ3v) is 5.32. The molecule has 136 valence electrons. The number of aryl methyl sites for hydroxylation is 2. The number of halogens is 1. The summed E-state index contributed by atoms with van der Waals surface area (Å²) in [5, 5.41) is 1.75. The van der Waals surface area contributed by atoms with Crippen molar-refractivity contribution >= 4 is 21.9 Å². The highest BCUT2D eigenvalue weighted by Crippen LogP contribution is 2.40. The molecule has 2 aromatic heterocycles.